The van der Waals surface area contributed by atoms with Crippen molar-refractivity contribution in [2.75, 3.05) is 17.7 Å². The molecule has 1 aromatic carbocycles. The average Bonchev–Trinajstić information content (AvgIpc) is 2.37. The van der Waals surface area contributed by atoms with Crippen LogP contribution in [0.1, 0.15) is 26.7 Å². The number of hydrogen-bond acceptors (Lipinski definition) is 4. The van der Waals surface area contributed by atoms with Gasteiger partial charge in [0.2, 0.25) is 0 Å². The summed E-state index contributed by atoms with van der Waals surface area (Å²) in [5, 5.41) is 12.0. The Morgan fingerprint density at radius 3 is 2.39 bits per heavy atom. The van der Waals surface area contributed by atoms with Crippen molar-refractivity contribution >= 4 is 15.5 Å². The Morgan fingerprint density at radius 1 is 1.28 bits per heavy atom. The van der Waals surface area contributed by atoms with Crippen LogP contribution in [0.15, 0.2) is 29.2 Å². The number of benzene rings is 1. The molecule has 0 amide bonds. The van der Waals surface area contributed by atoms with Crippen LogP contribution in [-0.4, -0.2) is 31.9 Å². The predicted molar refractivity (Wildman–Crippen MR) is 73.6 cm³/mol. The highest BCUT2D eigenvalue weighted by molar-refractivity contribution is 7.91. The van der Waals surface area contributed by atoms with E-state index in [0.29, 0.717) is 4.90 Å². The molecule has 0 spiro atoms. The molecule has 0 aromatic heterocycles. The molecule has 0 radical (unpaired) electrons. The number of nitrogens with one attached hydrogen (secondary N) is 1. The summed E-state index contributed by atoms with van der Waals surface area (Å²) in [5.74, 6) is 0.118. The molecule has 0 aliphatic rings. The van der Waals surface area contributed by atoms with Gasteiger partial charge in [-0.1, -0.05) is 6.92 Å². The van der Waals surface area contributed by atoms with E-state index in [-0.39, 0.29) is 18.4 Å². The van der Waals surface area contributed by atoms with Crippen molar-refractivity contribution in [3.8, 4) is 0 Å². The molecule has 0 saturated heterocycles. The maximum atomic E-state index is 11.6. The molecule has 5 heteroatoms. The molecule has 2 N–H and O–H groups in total. The predicted octanol–water partition coefficient (Wildman–Crippen LogP) is 2.05. The minimum atomic E-state index is -3.12. The van der Waals surface area contributed by atoms with E-state index in [1.807, 2.05) is 6.92 Å². The van der Waals surface area contributed by atoms with Crippen LogP contribution < -0.4 is 5.32 Å². The topological polar surface area (TPSA) is 66.4 Å². The highest BCUT2D eigenvalue weighted by Crippen LogP contribution is 2.16. The summed E-state index contributed by atoms with van der Waals surface area (Å²) in [7, 11) is -3.12. The maximum absolute atomic E-state index is 11.6. The van der Waals surface area contributed by atoms with Gasteiger partial charge in [0.15, 0.2) is 9.84 Å². The van der Waals surface area contributed by atoms with E-state index in [2.05, 4.69) is 5.32 Å². The minimum absolute atomic E-state index is 0.118. The summed E-state index contributed by atoms with van der Waals surface area (Å²) in [4.78, 5) is 0.360. The Bertz CT molecular complexity index is 454. The molecule has 1 unspecified atom stereocenters. The lowest BCUT2D eigenvalue weighted by molar-refractivity contribution is 0.282. The summed E-state index contributed by atoms with van der Waals surface area (Å²) in [6.45, 7) is 3.87. The summed E-state index contributed by atoms with van der Waals surface area (Å²) < 4.78 is 23.3. The van der Waals surface area contributed by atoms with Gasteiger partial charge in [-0.05, 0) is 44.0 Å². The lowest BCUT2D eigenvalue weighted by Gasteiger charge is -2.14. The first-order valence-electron chi connectivity index (χ1n) is 6.20. The van der Waals surface area contributed by atoms with Crippen LogP contribution in [0.5, 0.6) is 0 Å². The van der Waals surface area contributed by atoms with Gasteiger partial charge in [-0.15, -0.1) is 0 Å². The number of anilines is 1. The molecule has 0 bridgehead atoms. The van der Waals surface area contributed by atoms with Crippen LogP contribution in [0.4, 0.5) is 5.69 Å². The van der Waals surface area contributed by atoms with Gasteiger partial charge in [0.1, 0.15) is 0 Å². The molecule has 1 aromatic rings. The molecule has 18 heavy (non-hydrogen) atoms. The third-order valence-electron chi connectivity index (χ3n) is 2.80. The fourth-order valence-electron chi connectivity index (χ4n) is 1.68. The Labute approximate surface area is 109 Å². The Kier molecular flexibility index (Phi) is 5.62. The van der Waals surface area contributed by atoms with Crippen molar-refractivity contribution in [1.82, 2.24) is 0 Å². The summed E-state index contributed by atoms with van der Waals surface area (Å²) >= 11 is 0. The third kappa shape index (κ3) is 4.31. The van der Waals surface area contributed by atoms with Gasteiger partial charge in [-0.3, -0.25) is 0 Å². The number of sulfone groups is 1. The van der Waals surface area contributed by atoms with Crippen molar-refractivity contribution in [3.63, 3.8) is 0 Å². The van der Waals surface area contributed by atoms with Gasteiger partial charge < -0.3 is 10.4 Å². The van der Waals surface area contributed by atoms with Gasteiger partial charge in [0, 0.05) is 18.3 Å². The second kappa shape index (κ2) is 6.75. The molecule has 0 fully saturated rings. The quantitative estimate of drug-likeness (QED) is 0.796. The second-order valence-electron chi connectivity index (χ2n) is 4.34. The third-order valence-corrected chi connectivity index (χ3v) is 4.55. The minimum Gasteiger partial charge on any atom is -0.396 e. The van der Waals surface area contributed by atoms with Crippen molar-refractivity contribution in [2.24, 2.45) is 0 Å². The summed E-state index contributed by atoms with van der Waals surface area (Å²) in [6.07, 6.45) is 1.64. The molecule has 1 rings (SSSR count). The number of rotatable bonds is 7. The second-order valence-corrected chi connectivity index (χ2v) is 6.62. The van der Waals surface area contributed by atoms with Crippen LogP contribution in [0.2, 0.25) is 0 Å². The van der Waals surface area contributed by atoms with Crippen LogP contribution in [0.25, 0.3) is 0 Å². The first-order valence-corrected chi connectivity index (χ1v) is 7.85. The molecule has 0 aliphatic heterocycles. The van der Waals surface area contributed by atoms with Crippen molar-refractivity contribution in [2.45, 2.75) is 37.6 Å². The van der Waals surface area contributed by atoms with Crippen molar-refractivity contribution < 1.29 is 13.5 Å². The van der Waals surface area contributed by atoms with Gasteiger partial charge in [0.05, 0.1) is 10.6 Å². The average molecular weight is 271 g/mol. The van der Waals surface area contributed by atoms with Crippen molar-refractivity contribution in [1.29, 1.82) is 0 Å². The molecular weight excluding hydrogens is 250 g/mol. The first-order chi connectivity index (χ1) is 8.49. The van der Waals surface area contributed by atoms with Gasteiger partial charge in [-0.25, -0.2) is 8.42 Å². The summed E-state index contributed by atoms with van der Waals surface area (Å²) in [6, 6.07) is 7.06. The maximum Gasteiger partial charge on any atom is 0.178 e. The van der Waals surface area contributed by atoms with E-state index in [1.165, 1.54) is 0 Å². The zero-order valence-electron chi connectivity index (χ0n) is 10.9. The van der Waals surface area contributed by atoms with E-state index in [0.717, 1.165) is 18.5 Å². The van der Waals surface area contributed by atoms with E-state index < -0.39 is 9.84 Å². The van der Waals surface area contributed by atoms with Crippen LogP contribution in [-0.2, 0) is 9.84 Å². The fourth-order valence-corrected chi connectivity index (χ4v) is 2.56. The van der Waals surface area contributed by atoms with E-state index >= 15 is 0 Å². The monoisotopic (exact) mass is 271 g/mol. The number of hydrogen-bond donors (Lipinski definition) is 2. The zero-order chi connectivity index (χ0) is 13.6. The van der Waals surface area contributed by atoms with E-state index in [9.17, 15) is 8.42 Å². The molecule has 1 atom stereocenters. The Balaban J connectivity index is 2.66. The van der Waals surface area contributed by atoms with E-state index in [1.54, 1.807) is 31.2 Å². The summed E-state index contributed by atoms with van der Waals surface area (Å²) in [5.41, 5.74) is 0.899. The largest absolute Gasteiger partial charge is 0.396 e. The van der Waals surface area contributed by atoms with Crippen LogP contribution in [0.3, 0.4) is 0 Å². The highest BCUT2D eigenvalue weighted by atomic mass is 32.2. The molecule has 0 aliphatic carbocycles. The molecular formula is C13H21NO3S. The van der Waals surface area contributed by atoms with Gasteiger partial charge in [-0.2, -0.15) is 0 Å². The molecule has 102 valence electrons. The molecule has 0 heterocycles. The normalized spacial score (nSPS) is 13.3. The standard InChI is InChI=1S/C13H21NO3S/c1-3-18(16,17)13-8-6-12(7-9-13)14-11(2)5-4-10-15/h6-9,11,14-15H,3-5,10H2,1-2H3. The van der Waals surface area contributed by atoms with Crippen LogP contribution in [0, 0.1) is 0 Å². The Hall–Kier alpha value is -1.07. The van der Waals surface area contributed by atoms with E-state index in [4.69, 9.17) is 5.11 Å². The smallest absolute Gasteiger partial charge is 0.178 e. The molecule has 0 saturated carbocycles. The fraction of sp³-hybridized carbons (Fsp3) is 0.538. The first kappa shape index (κ1) is 15.0. The number of aliphatic hydroxyl groups excluding tert-OH is 1. The van der Waals surface area contributed by atoms with Crippen LogP contribution >= 0.6 is 0 Å². The van der Waals surface area contributed by atoms with Gasteiger partial charge >= 0.3 is 0 Å². The Morgan fingerprint density at radius 2 is 1.89 bits per heavy atom. The lowest BCUT2D eigenvalue weighted by atomic mass is 10.2. The molecule has 4 nitrogen and oxygen atoms in total. The lowest BCUT2D eigenvalue weighted by Crippen LogP contribution is -2.15. The zero-order valence-corrected chi connectivity index (χ0v) is 11.7. The number of aliphatic hydroxyl groups is 1. The highest BCUT2D eigenvalue weighted by Gasteiger charge is 2.11. The SMILES string of the molecule is CCS(=O)(=O)c1ccc(NC(C)CCCO)cc1. The van der Waals surface area contributed by atoms with Gasteiger partial charge in [0.25, 0.3) is 0 Å². The van der Waals surface area contributed by atoms with Crippen molar-refractivity contribution in [3.05, 3.63) is 24.3 Å².